The van der Waals surface area contributed by atoms with Gasteiger partial charge in [-0.25, -0.2) is 0 Å². The van der Waals surface area contributed by atoms with Gasteiger partial charge in [0.25, 0.3) is 0 Å². The average Bonchev–Trinajstić information content (AvgIpc) is 2.78. The van der Waals surface area contributed by atoms with E-state index in [0.717, 1.165) is 29.8 Å². The molecule has 1 atom stereocenters. The molecule has 4 nitrogen and oxygen atoms in total. The second kappa shape index (κ2) is 7.07. The summed E-state index contributed by atoms with van der Waals surface area (Å²) in [6.07, 6.45) is 2.31. The van der Waals surface area contributed by atoms with Crippen molar-refractivity contribution in [3.05, 3.63) is 52.8 Å². The monoisotopic (exact) mass is 285 g/mol. The van der Waals surface area contributed by atoms with Gasteiger partial charge < -0.3 is 5.32 Å². The van der Waals surface area contributed by atoms with E-state index >= 15 is 0 Å². The molecule has 0 radical (unpaired) electrons. The minimum absolute atomic E-state index is 0.0585. The highest BCUT2D eigenvalue weighted by Gasteiger charge is 2.13. The molecule has 0 aliphatic carbocycles. The second-order valence-electron chi connectivity index (χ2n) is 5.58. The molecule has 0 saturated carbocycles. The third-order valence-electron chi connectivity index (χ3n) is 3.73. The Morgan fingerprint density at radius 3 is 2.62 bits per heavy atom. The number of carbonyl (C=O) groups is 1. The van der Waals surface area contributed by atoms with E-state index in [0.29, 0.717) is 6.42 Å². The summed E-state index contributed by atoms with van der Waals surface area (Å²) in [5, 5.41) is 10.1. The molecule has 1 aromatic carbocycles. The lowest BCUT2D eigenvalue weighted by molar-refractivity contribution is -0.121. The van der Waals surface area contributed by atoms with Crippen LogP contribution in [0.3, 0.4) is 0 Å². The normalized spacial score (nSPS) is 12.1. The predicted molar refractivity (Wildman–Crippen MR) is 84.1 cm³/mol. The molecule has 21 heavy (non-hydrogen) atoms. The Bertz CT molecular complexity index is 570. The van der Waals surface area contributed by atoms with Gasteiger partial charge in [0.05, 0.1) is 12.1 Å². The number of amides is 1. The number of hydrogen-bond acceptors (Lipinski definition) is 2. The summed E-state index contributed by atoms with van der Waals surface area (Å²) in [6.45, 7) is 5.92. The van der Waals surface area contributed by atoms with Gasteiger partial charge in [0.2, 0.25) is 5.91 Å². The molecule has 4 heteroatoms. The quantitative estimate of drug-likeness (QED) is 0.857. The van der Waals surface area contributed by atoms with Gasteiger partial charge in [0.1, 0.15) is 0 Å². The van der Waals surface area contributed by atoms with E-state index in [4.69, 9.17) is 0 Å². The smallest absolute Gasteiger partial charge is 0.224 e. The molecule has 1 amide bonds. The number of benzene rings is 1. The summed E-state index contributed by atoms with van der Waals surface area (Å²) in [4.78, 5) is 12.1. The molecular weight excluding hydrogens is 262 g/mol. The highest BCUT2D eigenvalue weighted by Crippen LogP contribution is 2.10. The summed E-state index contributed by atoms with van der Waals surface area (Å²) in [5.41, 5.74) is 4.18. The third-order valence-corrected chi connectivity index (χ3v) is 3.73. The number of aromatic nitrogens is 2. The van der Waals surface area contributed by atoms with E-state index < -0.39 is 0 Å². The van der Waals surface area contributed by atoms with Crippen LogP contribution in [0.5, 0.6) is 0 Å². The van der Waals surface area contributed by atoms with Crippen LogP contribution in [0.4, 0.5) is 0 Å². The van der Waals surface area contributed by atoms with Crippen molar-refractivity contribution in [3.8, 4) is 0 Å². The van der Waals surface area contributed by atoms with Gasteiger partial charge in [-0.05, 0) is 39.2 Å². The first-order valence-corrected chi connectivity index (χ1v) is 7.40. The average molecular weight is 285 g/mol. The van der Waals surface area contributed by atoms with Crippen LogP contribution in [-0.4, -0.2) is 22.1 Å². The number of aryl methyl sites for hydroxylation is 3. The first-order chi connectivity index (χ1) is 10.1. The standard InChI is InChI=1S/C17H23N3O/c1-12(9-10-15-7-5-4-6-8-15)18-17(21)11-16-13(2)19-20-14(16)3/h4-8,12H,9-11H2,1-3H3,(H,18,21)(H,19,20). The number of nitrogens with zero attached hydrogens (tertiary/aromatic N) is 1. The molecule has 0 bridgehead atoms. The Hall–Kier alpha value is -2.10. The van der Waals surface area contributed by atoms with Gasteiger partial charge >= 0.3 is 0 Å². The molecule has 0 aliphatic heterocycles. The fourth-order valence-electron chi connectivity index (χ4n) is 2.42. The van der Waals surface area contributed by atoms with Crippen LogP contribution in [0.2, 0.25) is 0 Å². The fraction of sp³-hybridized carbons (Fsp3) is 0.412. The number of rotatable bonds is 6. The summed E-state index contributed by atoms with van der Waals surface area (Å²) in [7, 11) is 0. The molecule has 0 fully saturated rings. The Kier molecular flexibility index (Phi) is 5.14. The lowest BCUT2D eigenvalue weighted by atomic mass is 10.1. The van der Waals surface area contributed by atoms with E-state index in [1.807, 2.05) is 32.0 Å². The summed E-state index contributed by atoms with van der Waals surface area (Å²) in [6, 6.07) is 10.5. The second-order valence-corrected chi connectivity index (χ2v) is 5.58. The maximum absolute atomic E-state index is 12.1. The third kappa shape index (κ3) is 4.45. The molecule has 2 N–H and O–H groups in total. The summed E-state index contributed by atoms with van der Waals surface area (Å²) in [5.74, 6) is 0.0585. The van der Waals surface area contributed by atoms with Crippen molar-refractivity contribution in [3.63, 3.8) is 0 Å². The number of aromatic amines is 1. The van der Waals surface area contributed by atoms with Gasteiger partial charge in [-0.15, -0.1) is 0 Å². The Balaban J connectivity index is 1.80. The van der Waals surface area contributed by atoms with Gasteiger partial charge in [-0.2, -0.15) is 5.10 Å². The number of hydrogen-bond donors (Lipinski definition) is 2. The van der Waals surface area contributed by atoms with Crippen molar-refractivity contribution in [1.82, 2.24) is 15.5 Å². The molecule has 0 aliphatic rings. The van der Waals surface area contributed by atoms with Crippen LogP contribution in [0.15, 0.2) is 30.3 Å². The number of nitrogens with one attached hydrogen (secondary N) is 2. The first kappa shape index (κ1) is 15.3. The Morgan fingerprint density at radius 2 is 2.00 bits per heavy atom. The van der Waals surface area contributed by atoms with Gasteiger partial charge in [0, 0.05) is 17.3 Å². The zero-order valence-corrected chi connectivity index (χ0v) is 12.9. The van der Waals surface area contributed by atoms with Crippen molar-refractivity contribution < 1.29 is 4.79 Å². The molecule has 112 valence electrons. The van der Waals surface area contributed by atoms with Gasteiger partial charge in [-0.3, -0.25) is 9.89 Å². The highest BCUT2D eigenvalue weighted by molar-refractivity contribution is 5.79. The molecule has 2 aromatic rings. The zero-order chi connectivity index (χ0) is 15.2. The maximum Gasteiger partial charge on any atom is 0.224 e. The van der Waals surface area contributed by atoms with E-state index in [1.54, 1.807) is 0 Å². The molecule has 1 unspecified atom stereocenters. The largest absolute Gasteiger partial charge is 0.353 e. The van der Waals surface area contributed by atoms with Crippen LogP contribution < -0.4 is 5.32 Å². The minimum atomic E-state index is 0.0585. The number of H-pyrrole nitrogens is 1. The molecule has 2 rings (SSSR count). The maximum atomic E-state index is 12.1. The summed E-state index contributed by atoms with van der Waals surface area (Å²) >= 11 is 0. The Labute approximate surface area is 126 Å². The Morgan fingerprint density at radius 1 is 1.29 bits per heavy atom. The van der Waals surface area contributed by atoms with Gasteiger partial charge in [0.15, 0.2) is 0 Å². The number of carbonyl (C=O) groups excluding carboxylic acids is 1. The van der Waals surface area contributed by atoms with Gasteiger partial charge in [-0.1, -0.05) is 30.3 Å². The predicted octanol–water partition coefficient (Wildman–Crippen LogP) is 2.71. The first-order valence-electron chi connectivity index (χ1n) is 7.40. The van der Waals surface area contributed by atoms with E-state index in [-0.39, 0.29) is 11.9 Å². The SMILES string of the molecule is Cc1n[nH]c(C)c1CC(=O)NC(C)CCc1ccccc1. The molecule has 1 aromatic heterocycles. The van der Waals surface area contributed by atoms with Crippen molar-refractivity contribution >= 4 is 5.91 Å². The van der Waals surface area contributed by atoms with Crippen LogP contribution in [0.25, 0.3) is 0 Å². The topological polar surface area (TPSA) is 57.8 Å². The van der Waals surface area contributed by atoms with E-state index in [2.05, 4.69) is 34.6 Å². The zero-order valence-electron chi connectivity index (χ0n) is 12.9. The summed E-state index contributed by atoms with van der Waals surface area (Å²) < 4.78 is 0. The van der Waals surface area contributed by atoms with Crippen LogP contribution >= 0.6 is 0 Å². The van der Waals surface area contributed by atoms with E-state index in [1.165, 1.54) is 5.56 Å². The van der Waals surface area contributed by atoms with Crippen LogP contribution in [0.1, 0.15) is 35.9 Å². The minimum Gasteiger partial charge on any atom is -0.353 e. The molecule has 1 heterocycles. The van der Waals surface area contributed by atoms with Crippen molar-refractivity contribution in [2.45, 2.75) is 46.1 Å². The van der Waals surface area contributed by atoms with E-state index in [9.17, 15) is 4.79 Å². The molecule has 0 saturated heterocycles. The lowest BCUT2D eigenvalue weighted by Gasteiger charge is -2.14. The van der Waals surface area contributed by atoms with Crippen molar-refractivity contribution in [2.75, 3.05) is 0 Å². The van der Waals surface area contributed by atoms with Crippen molar-refractivity contribution in [2.24, 2.45) is 0 Å². The van der Waals surface area contributed by atoms with Crippen molar-refractivity contribution in [1.29, 1.82) is 0 Å². The van der Waals surface area contributed by atoms with Crippen LogP contribution in [0, 0.1) is 13.8 Å². The lowest BCUT2D eigenvalue weighted by Crippen LogP contribution is -2.34. The highest BCUT2D eigenvalue weighted by atomic mass is 16.1. The molecular formula is C17H23N3O. The molecule has 0 spiro atoms. The fourth-order valence-corrected chi connectivity index (χ4v) is 2.42. The van der Waals surface area contributed by atoms with Crippen LogP contribution in [-0.2, 0) is 17.6 Å².